The van der Waals surface area contributed by atoms with Crippen LogP contribution < -0.4 is 5.32 Å². The average Bonchev–Trinajstić information content (AvgIpc) is 2.76. The third-order valence-corrected chi connectivity index (χ3v) is 4.86. The molecule has 1 aromatic heterocycles. The maximum Gasteiger partial charge on any atom is 0.106 e. The molecule has 21 heavy (non-hydrogen) atoms. The van der Waals surface area contributed by atoms with Crippen molar-refractivity contribution >= 4 is 0 Å². The predicted octanol–water partition coefficient (Wildman–Crippen LogP) is 3.39. The molecule has 1 aliphatic heterocycles. The molecule has 3 rings (SSSR count). The zero-order chi connectivity index (χ0) is 15.0. The molecule has 2 heterocycles. The monoisotopic (exact) mass is 283 g/mol. The molecule has 1 unspecified atom stereocenters. The Labute approximate surface area is 127 Å². The summed E-state index contributed by atoms with van der Waals surface area (Å²) in [6, 6.07) is 7.06. The molecule has 3 heteroatoms. The van der Waals surface area contributed by atoms with Gasteiger partial charge in [0, 0.05) is 19.1 Å². The Balaban J connectivity index is 1.80. The summed E-state index contributed by atoms with van der Waals surface area (Å²) in [5, 5.41) is 3.67. The van der Waals surface area contributed by atoms with Crippen molar-refractivity contribution in [2.75, 3.05) is 6.54 Å². The summed E-state index contributed by atoms with van der Waals surface area (Å²) >= 11 is 0. The molecule has 1 N–H and O–H groups in total. The van der Waals surface area contributed by atoms with Gasteiger partial charge >= 0.3 is 0 Å². The van der Waals surface area contributed by atoms with Gasteiger partial charge in [-0.15, -0.1) is 0 Å². The van der Waals surface area contributed by atoms with Crippen molar-refractivity contribution in [1.82, 2.24) is 14.9 Å². The molecular weight excluding hydrogens is 258 g/mol. The summed E-state index contributed by atoms with van der Waals surface area (Å²) in [6.07, 6.45) is 2.26. The van der Waals surface area contributed by atoms with E-state index in [0.29, 0.717) is 6.04 Å². The van der Waals surface area contributed by atoms with E-state index in [-0.39, 0.29) is 0 Å². The van der Waals surface area contributed by atoms with E-state index in [1.54, 1.807) is 0 Å². The minimum Gasteiger partial charge on any atom is -0.329 e. The van der Waals surface area contributed by atoms with Crippen molar-refractivity contribution in [3.63, 3.8) is 0 Å². The van der Waals surface area contributed by atoms with Gasteiger partial charge < -0.3 is 9.88 Å². The minimum atomic E-state index is 0.430. The van der Waals surface area contributed by atoms with Crippen LogP contribution in [0.25, 0.3) is 0 Å². The van der Waals surface area contributed by atoms with Gasteiger partial charge in [-0.25, -0.2) is 4.98 Å². The number of imidazole rings is 1. The SMILES string of the molecule is Cc1cccc(CCC2NCCn3c(C)nc(C)c32)c1C. The highest BCUT2D eigenvalue weighted by Gasteiger charge is 2.24. The second-order valence-corrected chi connectivity index (χ2v) is 6.19. The third-order valence-electron chi connectivity index (χ3n) is 4.86. The van der Waals surface area contributed by atoms with E-state index >= 15 is 0 Å². The molecule has 1 atom stereocenters. The fourth-order valence-corrected chi connectivity index (χ4v) is 3.52. The van der Waals surface area contributed by atoms with Crippen LogP contribution >= 0.6 is 0 Å². The van der Waals surface area contributed by atoms with Crippen LogP contribution in [0, 0.1) is 27.7 Å². The highest BCUT2D eigenvalue weighted by atomic mass is 15.2. The molecule has 2 aromatic rings. The van der Waals surface area contributed by atoms with Crippen LogP contribution in [-0.2, 0) is 13.0 Å². The maximum absolute atomic E-state index is 4.65. The summed E-state index contributed by atoms with van der Waals surface area (Å²) in [4.78, 5) is 4.65. The average molecular weight is 283 g/mol. The lowest BCUT2D eigenvalue weighted by Gasteiger charge is -2.27. The van der Waals surface area contributed by atoms with Crippen LogP contribution in [0.1, 0.15) is 46.4 Å². The first-order chi connectivity index (χ1) is 10.1. The fourth-order valence-electron chi connectivity index (χ4n) is 3.52. The highest BCUT2D eigenvalue weighted by molar-refractivity contribution is 5.33. The molecule has 0 fully saturated rings. The Morgan fingerprint density at radius 1 is 1.24 bits per heavy atom. The summed E-state index contributed by atoms with van der Waals surface area (Å²) in [5.41, 5.74) is 6.88. The Bertz CT molecular complexity index is 655. The summed E-state index contributed by atoms with van der Waals surface area (Å²) in [5.74, 6) is 1.15. The Morgan fingerprint density at radius 2 is 2.05 bits per heavy atom. The lowest BCUT2D eigenvalue weighted by atomic mass is 9.96. The van der Waals surface area contributed by atoms with Gasteiger partial charge in [-0.05, 0) is 57.2 Å². The Hall–Kier alpha value is -1.61. The Kier molecular flexibility index (Phi) is 3.85. The molecule has 0 saturated heterocycles. The second-order valence-electron chi connectivity index (χ2n) is 6.19. The van der Waals surface area contributed by atoms with E-state index in [1.165, 1.54) is 28.1 Å². The van der Waals surface area contributed by atoms with Crippen molar-refractivity contribution < 1.29 is 0 Å². The molecule has 1 aromatic carbocycles. The van der Waals surface area contributed by atoms with Gasteiger partial charge in [0.1, 0.15) is 5.82 Å². The van der Waals surface area contributed by atoms with Crippen molar-refractivity contribution in [3.05, 3.63) is 52.1 Å². The zero-order valence-electron chi connectivity index (χ0n) is 13.5. The number of fused-ring (bicyclic) bond motifs is 1. The molecule has 3 nitrogen and oxygen atoms in total. The number of nitrogens with one attached hydrogen (secondary N) is 1. The molecule has 0 radical (unpaired) electrons. The number of aromatic nitrogens is 2. The van der Waals surface area contributed by atoms with Crippen molar-refractivity contribution in [1.29, 1.82) is 0 Å². The van der Waals surface area contributed by atoms with Crippen molar-refractivity contribution in [2.45, 2.75) is 53.1 Å². The van der Waals surface area contributed by atoms with Gasteiger partial charge in [0.2, 0.25) is 0 Å². The first kappa shape index (κ1) is 14.3. The topological polar surface area (TPSA) is 29.9 Å². The summed E-state index contributed by atoms with van der Waals surface area (Å²) < 4.78 is 2.39. The van der Waals surface area contributed by atoms with Crippen molar-refractivity contribution in [2.24, 2.45) is 0 Å². The maximum atomic E-state index is 4.65. The quantitative estimate of drug-likeness (QED) is 0.935. The van der Waals surface area contributed by atoms with Gasteiger partial charge in [-0.1, -0.05) is 18.2 Å². The van der Waals surface area contributed by atoms with Crippen LogP contribution in [0.3, 0.4) is 0 Å². The van der Waals surface area contributed by atoms with Crippen LogP contribution in [0.15, 0.2) is 18.2 Å². The van der Waals surface area contributed by atoms with E-state index < -0.39 is 0 Å². The number of rotatable bonds is 3. The van der Waals surface area contributed by atoms with Gasteiger partial charge in [-0.2, -0.15) is 0 Å². The van der Waals surface area contributed by atoms with E-state index in [0.717, 1.165) is 31.8 Å². The van der Waals surface area contributed by atoms with Crippen LogP contribution in [-0.4, -0.2) is 16.1 Å². The van der Waals surface area contributed by atoms with Crippen LogP contribution in [0.4, 0.5) is 0 Å². The van der Waals surface area contributed by atoms with Gasteiger partial charge in [0.15, 0.2) is 0 Å². The van der Waals surface area contributed by atoms with Crippen molar-refractivity contribution in [3.8, 4) is 0 Å². The number of hydrogen-bond acceptors (Lipinski definition) is 2. The predicted molar refractivity (Wildman–Crippen MR) is 86.7 cm³/mol. The number of nitrogens with zero attached hydrogens (tertiary/aromatic N) is 2. The van der Waals surface area contributed by atoms with Crippen LogP contribution in [0.2, 0.25) is 0 Å². The van der Waals surface area contributed by atoms with Gasteiger partial charge in [0.05, 0.1) is 11.4 Å². The number of benzene rings is 1. The lowest BCUT2D eigenvalue weighted by molar-refractivity contribution is 0.400. The molecule has 112 valence electrons. The zero-order valence-corrected chi connectivity index (χ0v) is 13.5. The van der Waals surface area contributed by atoms with E-state index in [1.807, 2.05) is 0 Å². The molecule has 0 spiro atoms. The third kappa shape index (κ3) is 2.62. The van der Waals surface area contributed by atoms with Crippen LogP contribution in [0.5, 0.6) is 0 Å². The highest BCUT2D eigenvalue weighted by Crippen LogP contribution is 2.27. The lowest BCUT2D eigenvalue weighted by Crippen LogP contribution is -2.34. The molecule has 0 bridgehead atoms. The smallest absolute Gasteiger partial charge is 0.106 e. The molecular formula is C18H25N3. The standard InChI is InChI=1S/C18H25N3/c1-12-6-5-7-16(13(12)2)8-9-17-18-14(3)20-15(4)21(18)11-10-19-17/h5-7,17,19H,8-11H2,1-4H3. The Morgan fingerprint density at radius 3 is 2.86 bits per heavy atom. The molecule has 0 aliphatic carbocycles. The first-order valence-corrected chi connectivity index (χ1v) is 7.90. The van der Waals surface area contributed by atoms with Gasteiger partial charge in [-0.3, -0.25) is 0 Å². The van der Waals surface area contributed by atoms with E-state index in [9.17, 15) is 0 Å². The molecule has 0 amide bonds. The largest absolute Gasteiger partial charge is 0.329 e. The number of aryl methyl sites for hydroxylation is 4. The van der Waals surface area contributed by atoms with E-state index in [4.69, 9.17) is 0 Å². The second kappa shape index (κ2) is 5.64. The summed E-state index contributed by atoms with van der Waals surface area (Å²) in [7, 11) is 0. The summed E-state index contributed by atoms with van der Waals surface area (Å²) in [6.45, 7) is 10.8. The van der Waals surface area contributed by atoms with Gasteiger partial charge in [0.25, 0.3) is 0 Å². The normalized spacial score (nSPS) is 17.8. The molecule has 1 aliphatic rings. The first-order valence-electron chi connectivity index (χ1n) is 7.90. The fraction of sp³-hybridized carbons (Fsp3) is 0.500. The number of hydrogen-bond donors (Lipinski definition) is 1. The van der Waals surface area contributed by atoms with E-state index in [2.05, 4.69) is 60.8 Å². The minimum absolute atomic E-state index is 0.430. The molecule has 0 saturated carbocycles.